The van der Waals surface area contributed by atoms with Gasteiger partial charge in [-0.25, -0.2) is 4.39 Å². The zero-order chi connectivity index (χ0) is 12.5. The Kier molecular flexibility index (Phi) is 3.06. The van der Waals surface area contributed by atoms with Crippen molar-refractivity contribution in [2.24, 2.45) is 0 Å². The molecule has 2 saturated heterocycles. The quantitative estimate of drug-likeness (QED) is 0.746. The molecule has 0 aromatic heterocycles. The summed E-state index contributed by atoms with van der Waals surface area (Å²) in [5, 5.41) is 0. The molecule has 2 heterocycles. The van der Waals surface area contributed by atoms with Gasteiger partial charge in [-0.1, -0.05) is 12.1 Å². The van der Waals surface area contributed by atoms with Crippen molar-refractivity contribution in [2.45, 2.75) is 44.1 Å². The minimum absolute atomic E-state index is 0.189. The maximum atomic E-state index is 13.0. The fourth-order valence-electron chi connectivity index (χ4n) is 3.40. The number of carbonyl (C=O) groups is 1. The third-order valence-corrected chi connectivity index (χ3v) is 4.30. The van der Waals surface area contributed by atoms with E-state index in [1.807, 2.05) is 12.1 Å². The van der Waals surface area contributed by atoms with Gasteiger partial charge in [-0.05, 0) is 43.4 Å². The molecule has 2 nitrogen and oxygen atoms in total. The lowest BCUT2D eigenvalue weighted by molar-refractivity contribution is -0.138. The molecular weight excluding hydrogens is 229 g/mol. The van der Waals surface area contributed by atoms with Crippen molar-refractivity contribution in [2.75, 3.05) is 6.54 Å². The van der Waals surface area contributed by atoms with Crippen molar-refractivity contribution < 1.29 is 9.18 Å². The molecule has 1 aromatic rings. The van der Waals surface area contributed by atoms with Crippen LogP contribution in [-0.2, 0) is 4.79 Å². The Balaban J connectivity index is 1.87. The summed E-state index contributed by atoms with van der Waals surface area (Å²) in [7, 11) is 0. The predicted octanol–water partition coefficient (Wildman–Crippen LogP) is 3.08. The van der Waals surface area contributed by atoms with Gasteiger partial charge in [-0.15, -0.1) is 0 Å². The van der Waals surface area contributed by atoms with Gasteiger partial charge in [0.25, 0.3) is 0 Å². The number of hydrogen-bond acceptors (Lipinski definition) is 1. The molecule has 2 unspecified atom stereocenters. The van der Waals surface area contributed by atoms with Crippen LogP contribution in [-0.4, -0.2) is 23.4 Å². The molecule has 96 valence electrons. The van der Waals surface area contributed by atoms with Crippen LogP contribution in [0.3, 0.4) is 0 Å². The topological polar surface area (TPSA) is 20.3 Å². The predicted molar refractivity (Wildman–Crippen MR) is 67.7 cm³/mol. The van der Waals surface area contributed by atoms with Crippen LogP contribution in [0.5, 0.6) is 0 Å². The highest BCUT2D eigenvalue weighted by Gasteiger charge is 2.37. The first-order chi connectivity index (χ1) is 8.75. The largest absolute Gasteiger partial charge is 0.339 e. The molecule has 0 N–H and O–H groups in total. The van der Waals surface area contributed by atoms with Crippen molar-refractivity contribution >= 4 is 5.91 Å². The van der Waals surface area contributed by atoms with E-state index in [0.29, 0.717) is 24.3 Å². The Morgan fingerprint density at radius 3 is 2.67 bits per heavy atom. The monoisotopic (exact) mass is 247 g/mol. The third-order valence-electron chi connectivity index (χ3n) is 4.30. The maximum absolute atomic E-state index is 13.0. The van der Waals surface area contributed by atoms with Gasteiger partial charge >= 0.3 is 0 Å². The second-order valence-corrected chi connectivity index (χ2v) is 5.35. The van der Waals surface area contributed by atoms with Crippen molar-refractivity contribution in [1.29, 1.82) is 0 Å². The number of amides is 1. The number of benzene rings is 1. The maximum Gasteiger partial charge on any atom is 0.222 e. The molecule has 0 bridgehead atoms. The molecule has 2 aliphatic heterocycles. The van der Waals surface area contributed by atoms with E-state index in [4.69, 9.17) is 0 Å². The number of nitrogens with zero attached hydrogens (tertiary/aromatic N) is 1. The van der Waals surface area contributed by atoms with Gasteiger partial charge in [0.2, 0.25) is 5.91 Å². The zero-order valence-electron chi connectivity index (χ0n) is 10.4. The summed E-state index contributed by atoms with van der Waals surface area (Å²) in [6.07, 6.45) is 4.96. The number of halogens is 1. The number of carbonyl (C=O) groups excluding carboxylic acids is 1. The highest BCUT2D eigenvalue weighted by molar-refractivity contribution is 5.78. The molecule has 0 aliphatic carbocycles. The summed E-state index contributed by atoms with van der Waals surface area (Å²) in [5.74, 6) is 0.507. The number of piperidine rings is 2. The lowest BCUT2D eigenvalue weighted by atomic mass is 9.79. The van der Waals surface area contributed by atoms with Crippen molar-refractivity contribution in [3.8, 4) is 0 Å². The molecule has 18 heavy (non-hydrogen) atoms. The molecular formula is C15H18FNO. The molecule has 1 aromatic carbocycles. The first kappa shape index (κ1) is 11.7. The Morgan fingerprint density at radius 2 is 1.89 bits per heavy atom. The molecule has 0 radical (unpaired) electrons. The van der Waals surface area contributed by atoms with E-state index in [1.54, 1.807) is 0 Å². The third kappa shape index (κ3) is 2.02. The molecule has 2 atom stereocenters. The van der Waals surface area contributed by atoms with Crippen LogP contribution in [0.1, 0.15) is 43.6 Å². The summed E-state index contributed by atoms with van der Waals surface area (Å²) in [5.41, 5.74) is 1.18. The Morgan fingerprint density at radius 1 is 1.11 bits per heavy atom. The molecule has 2 fully saturated rings. The molecule has 1 amide bonds. The van der Waals surface area contributed by atoms with Crippen LogP contribution in [0, 0.1) is 5.82 Å². The Hall–Kier alpha value is -1.38. The lowest BCUT2D eigenvalue weighted by Gasteiger charge is -2.44. The van der Waals surface area contributed by atoms with Gasteiger partial charge < -0.3 is 4.90 Å². The summed E-state index contributed by atoms with van der Waals surface area (Å²) in [4.78, 5) is 14.0. The standard InChI is InChI=1S/C15H18FNO/c16-12-6-4-11(5-7-12)13-8-9-15(18)17-10-2-1-3-14(13)17/h4-7,13-14H,1-3,8-10H2. The fraction of sp³-hybridized carbons (Fsp3) is 0.533. The van der Waals surface area contributed by atoms with Gasteiger partial charge in [-0.3, -0.25) is 4.79 Å². The van der Waals surface area contributed by atoms with Gasteiger partial charge in [-0.2, -0.15) is 0 Å². The van der Waals surface area contributed by atoms with Crippen molar-refractivity contribution in [3.05, 3.63) is 35.6 Å². The second kappa shape index (κ2) is 4.71. The van der Waals surface area contributed by atoms with Crippen molar-refractivity contribution in [3.63, 3.8) is 0 Å². The molecule has 2 aliphatic rings. The zero-order valence-corrected chi connectivity index (χ0v) is 10.4. The first-order valence-corrected chi connectivity index (χ1v) is 6.80. The highest BCUT2D eigenvalue weighted by Crippen LogP contribution is 2.37. The van der Waals surface area contributed by atoms with E-state index < -0.39 is 0 Å². The Bertz CT molecular complexity index is 442. The van der Waals surface area contributed by atoms with Crippen molar-refractivity contribution in [1.82, 2.24) is 4.90 Å². The summed E-state index contributed by atoms with van der Waals surface area (Å²) in [6, 6.07) is 7.15. The SMILES string of the molecule is O=C1CCC(c2ccc(F)cc2)C2CCCCN12. The average Bonchev–Trinajstić information content (AvgIpc) is 2.41. The van der Waals surface area contributed by atoms with Gasteiger partial charge in [0.05, 0.1) is 0 Å². The summed E-state index contributed by atoms with van der Waals surface area (Å²) in [6.45, 7) is 0.904. The van der Waals surface area contributed by atoms with Crippen LogP contribution < -0.4 is 0 Å². The van der Waals surface area contributed by atoms with E-state index in [9.17, 15) is 9.18 Å². The van der Waals surface area contributed by atoms with Crippen LogP contribution in [0.2, 0.25) is 0 Å². The first-order valence-electron chi connectivity index (χ1n) is 6.80. The minimum Gasteiger partial charge on any atom is -0.339 e. The van der Waals surface area contributed by atoms with E-state index in [-0.39, 0.29) is 5.82 Å². The molecule has 3 heteroatoms. The van der Waals surface area contributed by atoms with Gasteiger partial charge in [0.15, 0.2) is 0 Å². The Labute approximate surface area is 107 Å². The van der Waals surface area contributed by atoms with Gasteiger partial charge in [0, 0.05) is 24.9 Å². The van der Waals surface area contributed by atoms with Crippen LogP contribution in [0.25, 0.3) is 0 Å². The lowest BCUT2D eigenvalue weighted by Crippen LogP contribution is -2.50. The van der Waals surface area contributed by atoms with E-state index in [1.165, 1.54) is 24.1 Å². The van der Waals surface area contributed by atoms with Crippen LogP contribution in [0.15, 0.2) is 24.3 Å². The number of fused-ring (bicyclic) bond motifs is 1. The van der Waals surface area contributed by atoms with E-state index in [0.717, 1.165) is 25.8 Å². The fourth-order valence-corrected chi connectivity index (χ4v) is 3.40. The average molecular weight is 247 g/mol. The summed E-state index contributed by atoms with van der Waals surface area (Å²) >= 11 is 0. The summed E-state index contributed by atoms with van der Waals surface area (Å²) < 4.78 is 13.0. The molecule has 3 rings (SSSR count). The smallest absolute Gasteiger partial charge is 0.222 e. The van der Waals surface area contributed by atoms with E-state index in [2.05, 4.69) is 4.90 Å². The number of hydrogen-bond donors (Lipinski definition) is 0. The van der Waals surface area contributed by atoms with Crippen LogP contribution >= 0.6 is 0 Å². The number of rotatable bonds is 1. The highest BCUT2D eigenvalue weighted by atomic mass is 19.1. The van der Waals surface area contributed by atoms with Gasteiger partial charge in [0.1, 0.15) is 5.82 Å². The second-order valence-electron chi connectivity index (χ2n) is 5.35. The molecule has 0 saturated carbocycles. The van der Waals surface area contributed by atoms with E-state index >= 15 is 0 Å². The van der Waals surface area contributed by atoms with Crippen LogP contribution in [0.4, 0.5) is 4.39 Å². The molecule has 0 spiro atoms. The normalized spacial score (nSPS) is 28.1. The minimum atomic E-state index is -0.189.